The molecule has 0 aliphatic carbocycles. The number of benzene rings is 2. The number of anilines is 2. The van der Waals surface area contributed by atoms with Crippen LogP contribution in [0.25, 0.3) is 0 Å². The summed E-state index contributed by atoms with van der Waals surface area (Å²) in [6.07, 6.45) is 2.57. The van der Waals surface area contributed by atoms with Crippen LogP contribution in [0.5, 0.6) is 0 Å². The number of carboxylic acid groups (broad SMARTS) is 1. The molecule has 0 atom stereocenters. The minimum absolute atomic E-state index is 0.281. The molecule has 1 saturated heterocycles. The summed E-state index contributed by atoms with van der Waals surface area (Å²) in [5, 5.41) is 23.2. The molecule has 0 bridgehead atoms. The van der Waals surface area contributed by atoms with E-state index in [9.17, 15) is 14.4 Å². The zero-order valence-corrected chi connectivity index (χ0v) is 20.8. The first kappa shape index (κ1) is 26.1. The lowest BCUT2D eigenvalue weighted by molar-refractivity contribution is -0.143. The molecule has 9 nitrogen and oxygen atoms in total. The Bertz CT molecular complexity index is 1410. The molecular formula is C29H27N5O4. The van der Waals surface area contributed by atoms with Gasteiger partial charge in [0.2, 0.25) is 0 Å². The van der Waals surface area contributed by atoms with E-state index in [0.717, 1.165) is 5.56 Å². The highest BCUT2D eigenvalue weighted by molar-refractivity contribution is 6.12. The Hall–Kier alpha value is -4.97. The fourth-order valence-electron chi connectivity index (χ4n) is 4.17. The number of amidine groups is 1. The van der Waals surface area contributed by atoms with Gasteiger partial charge in [-0.15, -0.1) is 5.92 Å². The summed E-state index contributed by atoms with van der Waals surface area (Å²) < 4.78 is 0. The molecule has 4 N–H and O–H groups in total. The lowest BCUT2D eigenvalue weighted by Crippen LogP contribution is -2.40. The smallest absolute Gasteiger partial charge is 0.306 e. The van der Waals surface area contributed by atoms with Gasteiger partial charge >= 0.3 is 5.97 Å². The number of likely N-dealkylation sites (tertiary alicyclic amines) is 1. The van der Waals surface area contributed by atoms with Crippen molar-refractivity contribution in [2.45, 2.75) is 19.8 Å². The number of pyridine rings is 1. The minimum Gasteiger partial charge on any atom is -0.481 e. The van der Waals surface area contributed by atoms with Crippen LogP contribution in [-0.2, 0) is 4.79 Å². The second-order valence-electron chi connectivity index (χ2n) is 8.79. The standard InChI is InChI=1S/C29H27N5O4/c1-2-5-19-8-13-25(31-18-19)33-28(36)23-6-3-4-7-24(23)32-27(35)21-11-9-20(10-12-21)26(30)34-16-14-22(15-17-34)29(37)38/h3-4,6-13,18,22,30H,14-17H2,1H3,(H,32,35)(H,37,38)(H,31,33,36). The van der Waals surface area contributed by atoms with Crippen molar-refractivity contribution in [2.75, 3.05) is 23.7 Å². The zero-order chi connectivity index (χ0) is 27.1. The Morgan fingerprint density at radius 2 is 1.63 bits per heavy atom. The average Bonchev–Trinajstić information content (AvgIpc) is 2.94. The van der Waals surface area contributed by atoms with Crippen LogP contribution >= 0.6 is 0 Å². The average molecular weight is 510 g/mol. The molecule has 9 heteroatoms. The highest BCUT2D eigenvalue weighted by Crippen LogP contribution is 2.21. The molecule has 1 aliphatic heterocycles. The zero-order valence-electron chi connectivity index (χ0n) is 20.8. The normalized spacial score (nSPS) is 13.1. The summed E-state index contributed by atoms with van der Waals surface area (Å²) in [7, 11) is 0. The number of carboxylic acids is 1. The van der Waals surface area contributed by atoms with Gasteiger partial charge in [-0.05, 0) is 56.2 Å². The van der Waals surface area contributed by atoms with E-state index in [-0.39, 0.29) is 11.5 Å². The van der Waals surface area contributed by atoms with Gasteiger partial charge in [-0.3, -0.25) is 19.8 Å². The van der Waals surface area contributed by atoms with E-state index in [1.807, 2.05) is 4.90 Å². The number of aliphatic carboxylic acids is 1. The monoisotopic (exact) mass is 509 g/mol. The van der Waals surface area contributed by atoms with Crippen molar-refractivity contribution in [1.82, 2.24) is 9.88 Å². The topological polar surface area (TPSA) is 135 Å². The molecule has 2 amide bonds. The van der Waals surface area contributed by atoms with E-state index >= 15 is 0 Å². The number of carbonyl (C=O) groups excluding carboxylic acids is 2. The van der Waals surface area contributed by atoms with Crippen molar-refractivity contribution in [2.24, 2.45) is 5.92 Å². The maximum atomic E-state index is 12.9. The Kier molecular flexibility index (Phi) is 8.14. The first-order chi connectivity index (χ1) is 18.4. The highest BCUT2D eigenvalue weighted by atomic mass is 16.4. The minimum atomic E-state index is -0.793. The van der Waals surface area contributed by atoms with Crippen LogP contribution in [0.15, 0.2) is 66.9 Å². The fourth-order valence-corrected chi connectivity index (χ4v) is 4.17. The van der Waals surface area contributed by atoms with E-state index in [2.05, 4.69) is 27.5 Å². The molecule has 2 aromatic carbocycles. The molecule has 0 saturated carbocycles. The third-order valence-corrected chi connectivity index (χ3v) is 6.28. The molecule has 1 fully saturated rings. The molecule has 0 spiro atoms. The van der Waals surface area contributed by atoms with Gasteiger partial charge in [0, 0.05) is 36.0 Å². The van der Waals surface area contributed by atoms with Crippen molar-refractivity contribution in [3.05, 3.63) is 89.1 Å². The van der Waals surface area contributed by atoms with Gasteiger partial charge in [-0.2, -0.15) is 0 Å². The molecule has 38 heavy (non-hydrogen) atoms. The molecule has 192 valence electrons. The number of hydrogen-bond donors (Lipinski definition) is 4. The Morgan fingerprint density at radius 1 is 0.947 bits per heavy atom. The molecule has 0 radical (unpaired) electrons. The van der Waals surface area contributed by atoms with Crippen LogP contribution < -0.4 is 10.6 Å². The maximum Gasteiger partial charge on any atom is 0.306 e. The third-order valence-electron chi connectivity index (χ3n) is 6.28. The van der Waals surface area contributed by atoms with Crippen LogP contribution in [0.2, 0.25) is 0 Å². The number of nitrogens with one attached hydrogen (secondary N) is 3. The second kappa shape index (κ2) is 11.8. The quantitative estimate of drug-likeness (QED) is 0.225. The number of rotatable bonds is 6. The number of nitrogens with zero attached hydrogens (tertiary/aromatic N) is 2. The number of piperidine rings is 1. The van der Waals surface area contributed by atoms with Gasteiger partial charge in [-0.25, -0.2) is 4.98 Å². The predicted octanol–water partition coefficient (Wildman–Crippen LogP) is 4.08. The van der Waals surface area contributed by atoms with Gasteiger partial charge in [0.05, 0.1) is 17.2 Å². The maximum absolute atomic E-state index is 12.9. The van der Waals surface area contributed by atoms with Crippen LogP contribution in [0.1, 0.15) is 51.6 Å². The van der Waals surface area contributed by atoms with E-state index in [4.69, 9.17) is 10.5 Å². The molecule has 1 aliphatic rings. The van der Waals surface area contributed by atoms with Gasteiger partial charge in [-0.1, -0.05) is 30.2 Å². The van der Waals surface area contributed by atoms with Gasteiger partial charge < -0.3 is 20.6 Å². The number of amides is 2. The van der Waals surface area contributed by atoms with Crippen LogP contribution in [0, 0.1) is 23.2 Å². The Balaban J connectivity index is 1.40. The molecule has 3 aromatic rings. The number of hydrogen-bond acceptors (Lipinski definition) is 5. The molecular weight excluding hydrogens is 482 g/mol. The second-order valence-corrected chi connectivity index (χ2v) is 8.79. The van der Waals surface area contributed by atoms with E-state index < -0.39 is 17.8 Å². The van der Waals surface area contributed by atoms with E-state index in [1.54, 1.807) is 73.8 Å². The largest absolute Gasteiger partial charge is 0.481 e. The first-order valence-corrected chi connectivity index (χ1v) is 12.1. The van der Waals surface area contributed by atoms with Crippen LogP contribution in [0.3, 0.4) is 0 Å². The van der Waals surface area contributed by atoms with Crippen molar-refractivity contribution in [3.8, 4) is 11.8 Å². The van der Waals surface area contributed by atoms with Gasteiger partial charge in [0.1, 0.15) is 11.7 Å². The first-order valence-electron chi connectivity index (χ1n) is 12.1. The fraction of sp³-hybridized carbons (Fsp3) is 0.207. The summed E-state index contributed by atoms with van der Waals surface area (Å²) in [4.78, 5) is 43.1. The van der Waals surface area contributed by atoms with Crippen molar-refractivity contribution in [3.63, 3.8) is 0 Å². The summed E-state index contributed by atoms with van der Waals surface area (Å²) in [5.41, 5.74) is 2.38. The molecule has 4 rings (SSSR count). The van der Waals surface area contributed by atoms with Crippen LogP contribution in [0.4, 0.5) is 11.5 Å². The van der Waals surface area contributed by atoms with Crippen molar-refractivity contribution < 1.29 is 19.5 Å². The number of para-hydroxylation sites is 1. The Morgan fingerprint density at radius 3 is 2.26 bits per heavy atom. The summed E-state index contributed by atoms with van der Waals surface area (Å²) in [6.45, 7) is 2.74. The van der Waals surface area contributed by atoms with Gasteiger partial charge in [0.25, 0.3) is 11.8 Å². The molecule has 0 unspecified atom stereocenters. The van der Waals surface area contributed by atoms with E-state index in [1.165, 1.54) is 0 Å². The summed E-state index contributed by atoms with van der Waals surface area (Å²) in [6, 6.07) is 16.7. The Labute approximate surface area is 220 Å². The molecule has 2 heterocycles. The van der Waals surface area contributed by atoms with Gasteiger partial charge in [0.15, 0.2) is 0 Å². The summed E-state index contributed by atoms with van der Waals surface area (Å²) in [5.74, 6) is 4.37. The van der Waals surface area contributed by atoms with Crippen molar-refractivity contribution in [1.29, 1.82) is 5.41 Å². The number of aromatic nitrogens is 1. The SMILES string of the molecule is CC#Cc1ccc(NC(=O)c2ccccc2NC(=O)c2ccc(C(=N)N3CCC(C(=O)O)CC3)cc2)nc1. The third kappa shape index (κ3) is 6.23. The van der Waals surface area contributed by atoms with Crippen molar-refractivity contribution >= 4 is 35.1 Å². The molecule has 1 aromatic heterocycles. The highest BCUT2D eigenvalue weighted by Gasteiger charge is 2.26. The van der Waals surface area contributed by atoms with Crippen LogP contribution in [-0.4, -0.2) is 51.7 Å². The lowest BCUT2D eigenvalue weighted by atomic mass is 9.96. The number of carbonyl (C=O) groups is 3. The summed E-state index contributed by atoms with van der Waals surface area (Å²) >= 11 is 0. The van der Waals surface area contributed by atoms with E-state index in [0.29, 0.717) is 54.4 Å². The predicted molar refractivity (Wildman–Crippen MR) is 144 cm³/mol. The lowest BCUT2D eigenvalue weighted by Gasteiger charge is -2.32.